The molecule has 0 aromatic heterocycles. The Morgan fingerprint density at radius 1 is 0.946 bits per heavy atom. The minimum atomic E-state index is 0.563. The highest BCUT2D eigenvalue weighted by molar-refractivity contribution is 6.03. The Balaban J connectivity index is 1.49. The third-order valence-electron chi connectivity index (χ3n) is 6.42. The fourth-order valence-electron chi connectivity index (χ4n) is 4.28. The van der Waals surface area contributed by atoms with Gasteiger partial charge in [-0.2, -0.15) is 0 Å². The summed E-state index contributed by atoms with van der Waals surface area (Å²) in [5.74, 6) is 1.27. The van der Waals surface area contributed by atoms with Crippen LogP contribution in [0.3, 0.4) is 0 Å². The maximum atomic E-state index is 4.72. The van der Waals surface area contributed by atoms with Gasteiger partial charge >= 0.3 is 0 Å². The Hall–Kier alpha value is -4.30. The van der Waals surface area contributed by atoms with E-state index < -0.39 is 0 Å². The van der Waals surface area contributed by atoms with Crippen LogP contribution in [-0.2, 0) is 13.0 Å². The van der Waals surface area contributed by atoms with E-state index in [2.05, 4.69) is 128 Å². The molecule has 0 saturated carbocycles. The summed E-state index contributed by atoms with van der Waals surface area (Å²) < 4.78 is 0. The molecule has 2 heteroatoms. The molecule has 0 N–H and O–H groups in total. The van der Waals surface area contributed by atoms with E-state index in [4.69, 9.17) is 4.99 Å². The second-order valence-electron chi connectivity index (χ2n) is 9.25. The first-order chi connectivity index (χ1) is 18.2. The lowest BCUT2D eigenvalue weighted by atomic mass is 9.98. The fraction of sp³-hybridized carbons (Fsp3) is 0.143. The lowest BCUT2D eigenvalue weighted by Crippen LogP contribution is -2.03. The lowest BCUT2D eigenvalue weighted by molar-refractivity contribution is 0.734. The molecule has 0 saturated heterocycles. The zero-order valence-electron chi connectivity index (χ0n) is 21.6. The maximum Gasteiger partial charge on any atom is 0.153 e. The smallest absolute Gasteiger partial charge is 0.153 e. The van der Waals surface area contributed by atoms with Gasteiger partial charge in [-0.3, -0.25) is 4.99 Å². The van der Waals surface area contributed by atoms with Crippen molar-refractivity contribution in [3.63, 3.8) is 0 Å². The molecule has 0 radical (unpaired) electrons. The Morgan fingerprint density at radius 2 is 1.73 bits per heavy atom. The van der Waals surface area contributed by atoms with Crippen molar-refractivity contribution in [1.82, 2.24) is 0 Å². The second-order valence-corrected chi connectivity index (χ2v) is 9.25. The topological polar surface area (TPSA) is 24.7 Å². The first-order valence-corrected chi connectivity index (χ1v) is 12.8. The Bertz CT molecular complexity index is 1370. The van der Waals surface area contributed by atoms with E-state index in [-0.39, 0.29) is 0 Å². The summed E-state index contributed by atoms with van der Waals surface area (Å²) in [5, 5.41) is 0. The molecule has 0 fully saturated rings. The molecule has 1 atom stereocenters. The number of allylic oxidation sites excluding steroid dienone is 7. The van der Waals surface area contributed by atoms with Crippen molar-refractivity contribution in [3.8, 4) is 11.1 Å². The van der Waals surface area contributed by atoms with Crippen molar-refractivity contribution < 1.29 is 0 Å². The fourth-order valence-corrected chi connectivity index (χ4v) is 4.28. The quantitative estimate of drug-likeness (QED) is 0.165. The maximum absolute atomic E-state index is 4.72. The van der Waals surface area contributed by atoms with Gasteiger partial charge in [-0.05, 0) is 58.9 Å². The van der Waals surface area contributed by atoms with E-state index in [0.29, 0.717) is 18.3 Å². The standard InChI is InChI=1S/C35H34N2/c1-4-5-11-31(22-17-28-10-9-14-34(25-28)30-12-7-6-8-13-30)32-23-18-29(19-24-32)26-37-35(36-3)33-20-15-27(2)16-21-33/h4-15,18-25,27H,1,3,16-17,26H2,2H3/b11-5-,31-22+,37-35?. The molecule has 0 amide bonds. The van der Waals surface area contributed by atoms with Crippen LogP contribution in [0.4, 0.5) is 0 Å². The van der Waals surface area contributed by atoms with Crippen LogP contribution >= 0.6 is 0 Å². The highest BCUT2D eigenvalue weighted by atomic mass is 14.9. The van der Waals surface area contributed by atoms with Crippen LogP contribution < -0.4 is 0 Å². The summed E-state index contributed by atoms with van der Waals surface area (Å²) >= 11 is 0. The molecule has 2 nitrogen and oxygen atoms in total. The number of rotatable bonds is 9. The number of hydrogen-bond acceptors (Lipinski definition) is 1. The van der Waals surface area contributed by atoms with E-state index in [9.17, 15) is 0 Å². The lowest BCUT2D eigenvalue weighted by Gasteiger charge is -2.11. The van der Waals surface area contributed by atoms with Crippen molar-refractivity contribution in [1.29, 1.82) is 0 Å². The molecule has 0 spiro atoms. The molecule has 0 bridgehead atoms. The van der Waals surface area contributed by atoms with Gasteiger partial charge in [0.05, 0.1) is 6.54 Å². The van der Waals surface area contributed by atoms with Crippen LogP contribution in [0, 0.1) is 5.92 Å². The van der Waals surface area contributed by atoms with Gasteiger partial charge in [0.2, 0.25) is 0 Å². The summed E-state index contributed by atoms with van der Waals surface area (Å²) in [7, 11) is 0. The largest absolute Gasteiger partial charge is 0.261 e. The first-order valence-electron chi connectivity index (χ1n) is 12.8. The highest BCUT2D eigenvalue weighted by Crippen LogP contribution is 2.23. The number of amidine groups is 1. The van der Waals surface area contributed by atoms with Gasteiger partial charge in [0.15, 0.2) is 5.84 Å². The van der Waals surface area contributed by atoms with Crippen molar-refractivity contribution >= 4 is 18.1 Å². The summed E-state index contributed by atoms with van der Waals surface area (Å²) in [4.78, 5) is 8.88. The normalized spacial score (nSPS) is 16.0. The first kappa shape index (κ1) is 25.8. The predicted molar refractivity (Wildman–Crippen MR) is 161 cm³/mol. The molecule has 0 aliphatic heterocycles. The van der Waals surface area contributed by atoms with Crippen LogP contribution in [0.2, 0.25) is 0 Å². The van der Waals surface area contributed by atoms with Crippen molar-refractivity contribution in [3.05, 3.63) is 150 Å². The number of hydrogen-bond donors (Lipinski definition) is 0. The van der Waals surface area contributed by atoms with Crippen molar-refractivity contribution in [2.45, 2.75) is 26.3 Å². The van der Waals surface area contributed by atoms with Crippen LogP contribution in [0.1, 0.15) is 30.0 Å². The molecule has 1 unspecified atom stereocenters. The zero-order chi connectivity index (χ0) is 25.9. The molecule has 37 heavy (non-hydrogen) atoms. The predicted octanol–water partition coefficient (Wildman–Crippen LogP) is 8.84. The third-order valence-corrected chi connectivity index (χ3v) is 6.42. The summed E-state index contributed by atoms with van der Waals surface area (Å²) in [6.45, 7) is 10.3. The van der Waals surface area contributed by atoms with E-state index >= 15 is 0 Å². The van der Waals surface area contributed by atoms with Gasteiger partial charge in [0.25, 0.3) is 0 Å². The number of benzene rings is 3. The van der Waals surface area contributed by atoms with Gasteiger partial charge in [-0.25, -0.2) is 4.99 Å². The van der Waals surface area contributed by atoms with Gasteiger partial charge in [0, 0.05) is 5.57 Å². The Morgan fingerprint density at radius 3 is 2.43 bits per heavy atom. The van der Waals surface area contributed by atoms with Crippen LogP contribution in [0.15, 0.2) is 144 Å². The van der Waals surface area contributed by atoms with E-state index in [1.165, 1.54) is 27.8 Å². The molecule has 3 aromatic carbocycles. The van der Waals surface area contributed by atoms with E-state index in [1.54, 1.807) is 0 Å². The molecule has 184 valence electrons. The second kappa shape index (κ2) is 13.1. The van der Waals surface area contributed by atoms with E-state index in [1.807, 2.05) is 18.2 Å². The summed E-state index contributed by atoms with van der Waals surface area (Å²) in [6.07, 6.45) is 16.5. The highest BCUT2D eigenvalue weighted by Gasteiger charge is 2.08. The molecule has 3 aromatic rings. The molecule has 0 heterocycles. The third kappa shape index (κ3) is 7.35. The van der Waals surface area contributed by atoms with Gasteiger partial charge in [-0.1, -0.05) is 135 Å². The van der Waals surface area contributed by atoms with Crippen LogP contribution in [0.5, 0.6) is 0 Å². The molecule has 1 aliphatic carbocycles. The molecular formula is C35H34N2. The van der Waals surface area contributed by atoms with Gasteiger partial charge in [-0.15, -0.1) is 0 Å². The SMILES string of the molecule is C=C/C=C\C(=C/Cc1cccc(-c2ccccc2)c1)c1ccc(CN=C(N=C)C2=CCC(C)C=C2)cc1. The molecule has 1 aliphatic rings. The minimum absolute atomic E-state index is 0.563. The average Bonchev–Trinajstić information content (AvgIpc) is 2.95. The van der Waals surface area contributed by atoms with Gasteiger partial charge < -0.3 is 0 Å². The minimum Gasteiger partial charge on any atom is -0.261 e. The van der Waals surface area contributed by atoms with Crippen molar-refractivity contribution in [2.75, 3.05) is 0 Å². The van der Waals surface area contributed by atoms with Crippen LogP contribution in [-0.4, -0.2) is 12.6 Å². The van der Waals surface area contributed by atoms with Crippen LogP contribution in [0.25, 0.3) is 16.7 Å². The number of aliphatic imine (C=N–C) groups is 2. The average molecular weight is 483 g/mol. The Kier molecular flexibility index (Phi) is 9.15. The Labute approximate surface area is 221 Å². The molecule has 4 rings (SSSR count). The van der Waals surface area contributed by atoms with Crippen molar-refractivity contribution in [2.24, 2.45) is 15.9 Å². The summed E-state index contributed by atoms with van der Waals surface area (Å²) in [5.41, 5.74) is 8.28. The van der Waals surface area contributed by atoms with Gasteiger partial charge in [0.1, 0.15) is 0 Å². The number of nitrogens with zero attached hydrogens (tertiary/aromatic N) is 2. The summed E-state index contributed by atoms with van der Waals surface area (Å²) in [6, 6.07) is 27.8. The van der Waals surface area contributed by atoms with E-state index in [0.717, 1.165) is 24.0 Å². The molecular weight excluding hydrogens is 448 g/mol. The monoisotopic (exact) mass is 482 g/mol. The zero-order valence-corrected chi connectivity index (χ0v) is 21.6.